The molecule has 4 heteroatoms. The third kappa shape index (κ3) is 1.82. The van der Waals surface area contributed by atoms with Crippen molar-refractivity contribution in [1.29, 1.82) is 0 Å². The monoisotopic (exact) mass is 260 g/mol. The van der Waals surface area contributed by atoms with Gasteiger partial charge in [-0.2, -0.15) is 0 Å². The van der Waals surface area contributed by atoms with Gasteiger partial charge in [0.25, 0.3) is 0 Å². The molecule has 1 aliphatic heterocycles. The van der Waals surface area contributed by atoms with Crippen molar-refractivity contribution in [3.8, 4) is 0 Å². The molecule has 0 aromatic heterocycles. The van der Waals surface area contributed by atoms with Gasteiger partial charge in [-0.25, -0.2) is 0 Å². The van der Waals surface area contributed by atoms with Crippen molar-refractivity contribution in [2.45, 2.75) is 70.9 Å². The number of methoxy groups -OCH3 is 1. The molecule has 0 saturated carbocycles. The molecule has 1 saturated heterocycles. The molecule has 1 rings (SSSR count). The summed E-state index contributed by atoms with van der Waals surface area (Å²) in [4.78, 5) is 0. The average molecular weight is 260 g/mol. The van der Waals surface area contributed by atoms with Crippen LogP contribution in [-0.4, -0.2) is 46.8 Å². The topological polar surface area (TPSA) is 58.9 Å². The molecule has 0 spiro atoms. The van der Waals surface area contributed by atoms with Crippen LogP contribution in [0.4, 0.5) is 0 Å². The Morgan fingerprint density at radius 1 is 1.11 bits per heavy atom. The summed E-state index contributed by atoms with van der Waals surface area (Å²) < 4.78 is 11.2. The van der Waals surface area contributed by atoms with Gasteiger partial charge in [-0.05, 0) is 27.2 Å². The van der Waals surface area contributed by atoms with Crippen molar-refractivity contribution in [2.75, 3.05) is 13.7 Å². The highest BCUT2D eigenvalue weighted by molar-refractivity contribution is 5.16. The van der Waals surface area contributed by atoms with Crippen LogP contribution in [-0.2, 0) is 9.47 Å². The fourth-order valence-electron chi connectivity index (χ4n) is 3.03. The normalized spacial score (nSPS) is 48.2. The fraction of sp³-hybridized carbons (Fsp3) is 1.00. The Kier molecular flexibility index (Phi) is 3.92. The first kappa shape index (κ1) is 15.9. The maximum absolute atomic E-state index is 10.9. The van der Waals surface area contributed by atoms with E-state index >= 15 is 0 Å². The second-order valence-corrected chi connectivity index (χ2v) is 6.52. The number of aliphatic hydroxyl groups is 2. The van der Waals surface area contributed by atoms with Crippen molar-refractivity contribution < 1.29 is 19.7 Å². The average Bonchev–Trinajstić information content (AvgIpc) is 2.23. The molecule has 1 aliphatic rings. The maximum atomic E-state index is 10.9. The number of ether oxygens (including phenoxy) is 2. The van der Waals surface area contributed by atoms with Crippen LogP contribution in [0.15, 0.2) is 0 Å². The molecule has 1 fully saturated rings. The Bertz CT molecular complexity index is 303. The molecule has 2 N–H and O–H groups in total. The van der Waals surface area contributed by atoms with E-state index in [1.807, 2.05) is 27.7 Å². The summed E-state index contributed by atoms with van der Waals surface area (Å²) in [5, 5.41) is 21.7. The molecule has 4 unspecified atom stereocenters. The molecule has 1 heterocycles. The largest absolute Gasteiger partial charge is 0.387 e. The van der Waals surface area contributed by atoms with E-state index in [9.17, 15) is 10.2 Å². The third-order valence-electron chi connectivity index (χ3n) is 5.33. The summed E-state index contributed by atoms with van der Waals surface area (Å²) in [6.45, 7) is 11.3. The lowest BCUT2D eigenvalue weighted by Crippen LogP contribution is -2.76. The number of rotatable bonds is 3. The molecule has 0 aliphatic carbocycles. The fourth-order valence-corrected chi connectivity index (χ4v) is 3.03. The Balaban J connectivity index is 3.31. The van der Waals surface area contributed by atoms with Gasteiger partial charge in [0.2, 0.25) is 0 Å². The van der Waals surface area contributed by atoms with Crippen molar-refractivity contribution >= 4 is 0 Å². The number of hydrogen-bond donors (Lipinski definition) is 2. The van der Waals surface area contributed by atoms with E-state index in [2.05, 4.69) is 0 Å². The zero-order valence-corrected chi connectivity index (χ0v) is 12.7. The molecule has 0 bridgehead atoms. The molecule has 4 nitrogen and oxygen atoms in total. The minimum absolute atomic E-state index is 0.288. The van der Waals surface area contributed by atoms with E-state index in [1.165, 1.54) is 0 Å². The third-order valence-corrected chi connectivity index (χ3v) is 5.33. The summed E-state index contributed by atoms with van der Waals surface area (Å²) in [6, 6.07) is 0. The predicted octanol–water partition coefficient (Wildman–Crippen LogP) is 1.73. The van der Waals surface area contributed by atoms with E-state index < -0.39 is 22.2 Å². The predicted molar refractivity (Wildman–Crippen MR) is 70.5 cm³/mol. The van der Waals surface area contributed by atoms with E-state index in [4.69, 9.17) is 9.47 Å². The van der Waals surface area contributed by atoms with E-state index in [1.54, 1.807) is 21.0 Å². The standard InChI is InChI=1S/C14H28O4/c1-8-10-13(5,15)11(2,3)14(6,16)12(4,18-10)9-17-7/h10,15-16H,8-9H2,1-7H3. The molecular weight excluding hydrogens is 232 g/mol. The first-order chi connectivity index (χ1) is 7.98. The zero-order valence-electron chi connectivity index (χ0n) is 12.7. The molecule has 4 atom stereocenters. The lowest BCUT2D eigenvalue weighted by molar-refractivity contribution is -0.353. The minimum Gasteiger partial charge on any atom is -0.387 e. The van der Waals surface area contributed by atoms with Crippen LogP contribution >= 0.6 is 0 Å². The van der Waals surface area contributed by atoms with Crippen LogP contribution in [0.5, 0.6) is 0 Å². The van der Waals surface area contributed by atoms with Crippen LogP contribution in [0.25, 0.3) is 0 Å². The van der Waals surface area contributed by atoms with Crippen LogP contribution < -0.4 is 0 Å². The van der Waals surface area contributed by atoms with Crippen LogP contribution in [0.2, 0.25) is 0 Å². The van der Waals surface area contributed by atoms with Crippen LogP contribution in [0.1, 0.15) is 48.0 Å². The maximum Gasteiger partial charge on any atom is 0.118 e. The van der Waals surface area contributed by atoms with E-state index in [0.717, 1.165) is 0 Å². The first-order valence-electron chi connectivity index (χ1n) is 6.59. The van der Waals surface area contributed by atoms with Crippen molar-refractivity contribution in [1.82, 2.24) is 0 Å². The van der Waals surface area contributed by atoms with Crippen molar-refractivity contribution in [3.63, 3.8) is 0 Å². The molecule has 0 radical (unpaired) electrons. The van der Waals surface area contributed by atoms with Gasteiger partial charge in [-0.15, -0.1) is 0 Å². The van der Waals surface area contributed by atoms with Gasteiger partial charge in [0.1, 0.15) is 11.2 Å². The van der Waals surface area contributed by atoms with Gasteiger partial charge in [0.15, 0.2) is 0 Å². The SMILES string of the molecule is CCC1OC(C)(COC)C(C)(O)C(C)(C)C1(C)O. The number of hydrogen-bond acceptors (Lipinski definition) is 4. The molecular formula is C14H28O4. The summed E-state index contributed by atoms with van der Waals surface area (Å²) in [7, 11) is 1.59. The van der Waals surface area contributed by atoms with Gasteiger partial charge in [0, 0.05) is 12.5 Å². The van der Waals surface area contributed by atoms with Crippen LogP contribution in [0.3, 0.4) is 0 Å². The molecule has 0 aromatic carbocycles. The highest BCUT2D eigenvalue weighted by atomic mass is 16.6. The minimum atomic E-state index is -1.20. The summed E-state index contributed by atoms with van der Waals surface area (Å²) in [6.07, 6.45) is 0.360. The molecule has 0 aromatic rings. The lowest BCUT2D eigenvalue weighted by atomic mass is 9.55. The second-order valence-electron chi connectivity index (χ2n) is 6.52. The Morgan fingerprint density at radius 2 is 1.61 bits per heavy atom. The molecule has 0 amide bonds. The van der Waals surface area contributed by atoms with Crippen LogP contribution in [0, 0.1) is 5.41 Å². The van der Waals surface area contributed by atoms with Gasteiger partial charge in [0.05, 0.1) is 18.3 Å². The zero-order chi connectivity index (χ0) is 14.4. The summed E-state index contributed by atoms with van der Waals surface area (Å²) in [5.74, 6) is 0. The summed E-state index contributed by atoms with van der Waals surface area (Å²) in [5.41, 5.74) is -3.86. The highest BCUT2D eigenvalue weighted by Gasteiger charge is 2.67. The Labute approximate surface area is 110 Å². The lowest BCUT2D eigenvalue weighted by Gasteiger charge is -2.63. The molecule has 18 heavy (non-hydrogen) atoms. The van der Waals surface area contributed by atoms with Gasteiger partial charge >= 0.3 is 0 Å². The summed E-state index contributed by atoms with van der Waals surface area (Å²) >= 11 is 0. The Hall–Kier alpha value is -0.160. The smallest absolute Gasteiger partial charge is 0.118 e. The first-order valence-corrected chi connectivity index (χ1v) is 6.59. The van der Waals surface area contributed by atoms with Crippen molar-refractivity contribution in [2.24, 2.45) is 5.41 Å². The quantitative estimate of drug-likeness (QED) is 0.811. The highest BCUT2D eigenvalue weighted by Crippen LogP contribution is 2.54. The van der Waals surface area contributed by atoms with Crippen molar-refractivity contribution in [3.05, 3.63) is 0 Å². The van der Waals surface area contributed by atoms with Gasteiger partial charge < -0.3 is 19.7 Å². The van der Waals surface area contributed by atoms with E-state index in [0.29, 0.717) is 6.42 Å². The van der Waals surface area contributed by atoms with Gasteiger partial charge in [-0.1, -0.05) is 20.8 Å². The molecule has 108 valence electrons. The van der Waals surface area contributed by atoms with E-state index in [-0.39, 0.29) is 12.7 Å². The second kappa shape index (κ2) is 4.44. The van der Waals surface area contributed by atoms with Gasteiger partial charge in [-0.3, -0.25) is 0 Å². The Morgan fingerprint density at radius 3 is 2.00 bits per heavy atom.